The third kappa shape index (κ3) is 3.50. The number of hydrogen-bond donors (Lipinski definition) is 1. The molecule has 1 aromatic carbocycles. The highest BCUT2D eigenvalue weighted by Crippen LogP contribution is 2.18. The van der Waals surface area contributed by atoms with Gasteiger partial charge in [0.05, 0.1) is 6.42 Å². The van der Waals surface area contributed by atoms with Crippen LogP contribution in [-0.4, -0.2) is 48.1 Å². The lowest BCUT2D eigenvalue weighted by Crippen LogP contribution is -2.48. The first-order valence-corrected chi connectivity index (χ1v) is 6.93. The van der Waals surface area contributed by atoms with Crippen molar-refractivity contribution >= 4 is 17.6 Å². The lowest BCUT2D eigenvalue weighted by Gasteiger charge is -2.36. The van der Waals surface area contributed by atoms with Crippen LogP contribution in [0, 0.1) is 0 Å². The molecule has 5 nitrogen and oxygen atoms in total. The number of benzene rings is 1. The first kappa shape index (κ1) is 14.4. The van der Waals surface area contributed by atoms with Crippen molar-refractivity contribution in [2.24, 2.45) is 0 Å². The van der Waals surface area contributed by atoms with E-state index in [-0.39, 0.29) is 12.3 Å². The molecule has 1 aliphatic heterocycles. The van der Waals surface area contributed by atoms with Crippen molar-refractivity contribution in [1.82, 2.24) is 4.90 Å². The van der Waals surface area contributed by atoms with Crippen LogP contribution in [-0.2, 0) is 16.0 Å². The SMILES string of the molecule is CCC(=O)N1CCN(c2ccc(CC(=O)O)cc2)CC1. The summed E-state index contributed by atoms with van der Waals surface area (Å²) in [7, 11) is 0. The van der Waals surface area contributed by atoms with Crippen LogP contribution in [0.1, 0.15) is 18.9 Å². The van der Waals surface area contributed by atoms with Gasteiger partial charge in [-0.15, -0.1) is 0 Å². The number of amides is 1. The van der Waals surface area contributed by atoms with Gasteiger partial charge in [-0.2, -0.15) is 0 Å². The molecule has 20 heavy (non-hydrogen) atoms. The maximum Gasteiger partial charge on any atom is 0.307 e. The zero-order valence-corrected chi connectivity index (χ0v) is 11.7. The minimum absolute atomic E-state index is 0.0546. The molecule has 5 heteroatoms. The maximum atomic E-state index is 11.6. The van der Waals surface area contributed by atoms with E-state index in [0.29, 0.717) is 6.42 Å². The van der Waals surface area contributed by atoms with Gasteiger partial charge in [0.25, 0.3) is 0 Å². The van der Waals surface area contributed by atoms with Gasteiger partial charge in [-0.05, 0) is 17.7 Å². The molecule has 1 N–H and O–H groups in total. The summed E-state index contributed by atoms with van der Waals surface area (Å²) in [5.74, 6) is -0.606. The number of piperazine rings is 1. The standard InChI is InChI=1S/C15H20N2O3/c1-2-14(18)17-9-7-16(8-10-17)13-5-3-12(4-6-13)11-15(19)20/h3-6H,2,7-11H2,1H3,(H,19,20). The second-order valence-corrected chi connectivity index (χ2v) is 4.96. The Morgan fingerprint density at radius 1 is 1.10 bits per heavy atom. The van der Waals surface area contributed by atoms with Crippen molar-refractivity contribution in [3.8, 4) is 0 Å². The van der Waals surface area contributed by atoms with E-state index in [1.54, 1.807) is 0 Å². The Morgan fingerprint density at radius 3 is 2.20 bits per heavy atom. The number of carbonyl (C=O) groups excluding carboxylic acids is 1. The van der Waals surface area contributed by atoms with Crippen molar-refractivity contribution in [1.29, 1.82) is 0 Å². The van der Waals surface area contributed by atoms with Crippen LogP contribution < -0.4 is 4.90 Å². The van der Waals surface area contributed by atoms with Crippen molar-refractivity contribution in [3.05, 3.63) is 29.8 Å². The van der Waals surface area contributed by atoms with Gasteiger partial charge in [-0.25, -0.2) is 0 Å². The van der Waals surface area contributed by atoms with Gasteiger partial charge in [0.15, 0.2) is 0 Å². The summed E-state index contributed by atoms with van der Waals surface area (Å²) in [6.07, 6.45) is 0.614. The van der Waals surface area contributed by atoms with E-state index in [0.717, 1.165) is 37.4 Å². The smallest absolute Gasteiger partial charge is 0.307 e. The lowest BCUT2D eigenvalue weighted by molar-refractivity contribution is -0.136. The van der Waals surface area contributed by atoms with Crippen LogP contribution in [0.25, 0.3) is 0 Å². The highest BCUT2D eigenvalue weighted by molar-refractivity contribution is 5.76. The normalized spacial score (nSPS) is 15.2. The number of anilines is 1. The Balaban J connectivity index is 1.93. The molecule has 1 aromatic rings. The number of carbonyl (C=O) groups is 2. The molecule has 0 radical (unpaired) electrons. The Kier molecular flexibility index (Phi) is 4.61. The van der Waals surface area contributed by atoms with Crippen LogP contribution in [0.3, 0.4) is 0 Å². The van der Waals surface area contributed by atoms with E-state index < -0.39 is 5.97 Å². The van der Waals surface area contributed by atoms with Crippen LogP contribution in [0.2, 0.25) is 0 Å². The maximum absolute atomic E-state index is 11.6. The average molecular weight is 276 g/mol. The largest absolute Gasteiger partial charge is 0.481 e. The predicted molar refractivity (Wildman–Crippen MR) is 76.9 cm³/mol. The van der Waals surface area contributed by atoms with Crippen LogP contribution in [0.4, 0.5) is 5.69 Å². The van der Waals surface area contributed by atoms with E-state index >= 15 is 0 Å². The fraction of sp³-hybridized carbons (Fsp3) is 0.467. The summed E-state index contributed by atoms with van der Waals surface area (Å²) >= 11 is 0. The number of aliphatic carboxylic acids is 1. The minimum atomic E-state index is -0.815. The molecule has 1 amide bonds. The molecule has 0 bridgehead atoms. The van der Waals surface area contributed by atoms with Gasteiger partial charge in [-0.3, -0.25) is 9.59 Å². The van der Waals surface area contributed by atoms with Crippen molar-refractivity contribution < 1.29 is 14.7 Å². The van der Waals surface area contributed by atoms with Crippen LogP contribution in [0.5, 0.6) is 0 Å². The summed E-state index contributed by atoms with van der Waals surface area (Å²) in [6.45, 7) is 5.04. The number of carboxylic acid groups (broad SMARTS) is 1. The van der Waals surface area contributed by atoms with Crippen molar-refractivity contribution in [2.75, 3.05) is 31.1 Å². The molecule has 0 saturated carbocycles. The van der Waals surface area contributed by atoms with Gasteiger partial charge < -0.3 is 14.9 Å². The topological polar surface area (TPSA) is 60.9 Å². The monoisotopic (exact) mass is 276 g/mol. The molecule has 0 aromatic heterocycles. The van der Waals surface area contributed by atoms with Crippen LogP contribution in [0.15, 0.2) is 24.3 Å². The van der Waals surface area contributed by atoms with E-state index in [1.165, 1.54) is 0 Å². The zero-order valence-electron chi connectivity index (χ0n) is 11.7. The fourth-order valence-electron chi connectivity index (χ4n) is 2.44. The van der Waals surface area contributed by atoms with Gasteiger partial charge in [-0.1, -0.05) is 19.1 Å². The molecule has 0 unspecified atom stereocenters. The van der Waals surface area contributed by atoms with E-state index in [1.807, 2.05) is 36.1 Å². The molecular formula is C15H20N2O3. The summed E-state index contributed by atoms with van der Waals surface area (Å²) in [6, 6.07) is 7.62. The second kappa shape index (κ2) is 6.41. The highest BCUT2D eigenvalue weighted by Gasteiger charge is 2.19. The van der Waals surface area contributed by atoms with Gasteiger partial charge in [0.2, 0.25) is 5.91 Å². The fourth-order valence-corrected chi connectivity index (χ4v) is 2.44. The Bertz CT molecular complexity index is 476. The quantitative estimate of drug-likeness (QED) is 0.902. The van der Waals surface area contributed by atoms with Gasteiger partial charge in [0, 0.05) is 38.3 Å². The van der Waals surface area contributed by atoms with Crippen molar-refractivity contribution in [3.63, 3.8) is 0 Å². The first-order valence-electron chi connectivity index (χ1n) is 6.93. The van der Waals surface area contributed by atoms with Gasteiger partial charge >= 0.3 is 5.97 Å². The lowest BCUT2D eigenvalue weighted by atomic mass is 10.1. The summed E-state index contributed by atoms with van der Waals surface area (Å²) in [5.41, 5.74) is 1.89. The number of hydrogen-bond acceptors (Lipinski definition) is 3. The minimum Gasteiger partial charge on any atom is -0.481 e. The van der Waals surface area contributed by atoms with Gasteiger partial charge in [0.1, 0.15) is 0 Å². The Hall–Kier alpha value is -2.04. The average Bonchev–Trinajstić information content (AvgIpc) is 2.47. The molecule has 1 aliphatic rings. The molecule has 0 atom stereocenters. The molecule has 1 saturated heterocycles. The van der Waals surface area contributed by atoms with Crippen LogP contribution >= 0.6 is 0 Å². The third-order valence-electron chi connectivity index (χ3n) is 3.59. The van der Waals surface area contributed by atoms with E-state index in [2.05, 4.69) is 4.90 Å². The van der Waals surface area contributed by atoms with E-state index in [9.17, 15) is 9.59 Å². The Labute approximate surface area is 118 Å². The predicted octanol–water partition coefficient (Wildman–Crippen LogP) is 1.37. The van der Waals surface area contributed by atoms with Crippen molar-refractivity contribution in [2.45, 2.75) is 19.8 Å². The summed E-state index contributed by atoms with van der Waals surface area (Å²) in [4.78, 5) is 26.4. The summed E-state index contributed by atoms with van der Waals surface area (Å²) in [5, 5.41) is 8.74. The Morgan fingerprint density at radius 2 is 1.70 bits per heavy atom. The molecule has 0 aliphatic carbocycles. The molecule has 1 fully saturated rings. The number of carboxylic acids is 1. The highest BCUT2D eigenvalue weighted by atomic mass is 16.4. The zero-order chi connectivity index (χ0) is 14.5. The second-order valence-electron chi connectivity index (χ2n) is 4.96. The summed E-state index contributed by atoms with van der Waals surface area (Å²) < 4.78 is 0. The number of rotatable bonds is 4. The third-order valence-corrected chi connectivity index (χ3v) is 3.59. The molecule has 108 valence electrons. The first-order chi connectivity index (χ1) is 9.60. The van der Waals surface area contributed by atoms with E-state index in [4.69, 9.17) is 5.11 Å². The number of nitrogens with zero attached hydrogens (tertiary/aromatic N) is 2. The molecule has 0 spiro atoms. The molecule has 2 rings (SSSR count). The molecule has 1 heterocycles. The molecular weight excluding hydrogens is 256 g/mol.